The Morgan fingerprint density at radius 1 is 1.16 bits per heavy atom. The number of piperidine rings is 1. The normalized spacial score (nSPS) is 20.6. The molecule has 0 bridgehead atoms. The van der Waals surface area contributed by atoms with Gasteiger partial charge in [-0.25, -0.2) is 9.18 Å². The molecule has 2 heterocycles. The van der Waals surface area contributed by atoms with Gasteiger partial charge in [-0.15, -0.1) is 0 Å². The Morgan fingerprint density at radius 2 is 1.88 bits per heavy atom. The molecule has 136 valence electrons. The molecule has 5 nitrogen and oxygen atoms in total. The first-order valence-electron chi connectivity index (χ1n) is 9.11. The average Bonchev–Trinajstić information content (AvgIpc) is 3.16. The summed E-state index contributed by atoms with van der Waals surface area (Å²) in [5.41, 5.74) is 1.46. The fraction of sp³-hybridized carbons (Fsp3) is 0.579. The van der Waals surface area contributed by atoms with Crippen molar-refractivity contribution in [2.75, 3.05) is 26.2 Å². The quantitative estimate of drug-likeness (QED) is 0.914. The smallest absolute Gasteiger partial charge is 0.320 e. The number of carbonyl (C=O) groups is 2. The Morgan fingerprint density at radius 3 is 2.60 bits per heavy atom. The van der Waals surface area contributed by atoms with Gasteiger partial charge >= 0.3 is 6.03 Å². The van der Waals surface area contributed by atoms with E-state index in [2.05, 4.69) is 5.32 Å². The van der Waals surface area contributed by atoms with Gasteiger partial charge in [-0.1, -0.05) is 12.1 Å². The van der Waals surface area contributed by atoms with E-state index in [1.54, 1.807) is 19.1 Å². The molecule has 25 heavy (non-hydrogen) atoms. The molecule has 0 spiro atoms. The summed E-state index contributed by atoms with van der Waals surface area (Å²) in [7, 11) is 0. The largest absolute Gasteiger partial charge is 0.352 e. The molecule has 2 aliphatic heterocycles. The van der Waals surface area contributed by atoms with Crippen LogP contribution in [0.4, 0.5) is 9.18 Å². The molecule has 1 atom stereocenters. The molecule has 0 aliphatic carbocycles. The highest BCUT2D eigenvalue weighted by molar-refractivity contribution is 5.81. The van der Waals surface area contributed by atoms with Gasteiger partial charge in [0.25, 0.3) is 0 Å². The number of benzene rings is 1. The monoisotopic (exact) mass is 347 g/mol. The summed E-state index contributed by atoms with van der Waals surface area (Å²) in [6.45, 7) is 4.98. The fourth-order valence-electron chi connectivity index (χ4n) is 3.62. The van der Waals surface area contributed by atoms with E-state index >= 15 is 0 Å². The predicted octanol–water partition coefficient (Wildman–Crippen LogP) is 2.68. The lowest BCUT2D eigenvalue weighted by Gasteiger charge is -2.34. The Balaban J connectivity index is 1.52. The second kappa shape index (κ2) is 7.85. The van der Waals surface area contributed by atoms with Gasteiger partial charge in [0.05, 0.1) is 5.92 Å². The van der Waals surface area contributed by atoms with Crippen LogP contribution in [0.3, 0.4) is 0 Å². The number of amides is 3. The van der Waals surface area contributed by atoms with E-state index < -0.39 is 0 Å². The maximum atomic E-state index is 13.3. The third kappa shape index (κ3) is 4.30. The van der Waals surface area contributed by atoms with Crippen molar-refractivity contribution >= 4 is 11.9 Å². The molecular weight excluding hydrogens is 321 g/mol. The Labute approximate surface area is 148 Å². The molecule has 1 aromatic rings. The van der Waals surface area contributed by atoms with E-state index in [9.17, 15) is 14.0 Å². The van der Waals surface area contributed by atoms with Gasteiger partial charge in [0.1, 0.15) is 5.82 Å². The number of hydrogen-bond donors (Lipinski definition) is 1. The SMILES string of the molecule is Cc1cc(CNC(=O)[C@H]2CCCN(C(=O)N3CCCC3)C2)ccc1F. The minimum Gasteiger partial charge on any atom is -0.352 e. The summed E-state index contributed by atoms with van der Waals surface area (Å²) >= 11 is 0. The zero-order valence-corrected chi connectivity index (χ0v) is 14.8. The van der Waals surface area contributed by atoms with Crippen LogP contribution in [0.2, 0.25) is 0 Å². The number of halogens is 1. The Kier molecular flexibility index (Phi) is 5.56. The molecule has 0 aromatic heterocycles. The molecule has 3 amide bonds. The second-order valence-corrected chi connectivity index (χ2v) is 7.06. The topological polar surface area (TPSA) is 52.7 Å². The van der Waals surface area contributed by atoms with Crippen molar-refractivity contribution < 1.29 is 14.0 Å². The van der Waals surface area contributed by atoms with Crippen molar-refractivity contribution in [1.29, 1.82) is 0 Å². The highest BCUT2D eigenvalue weighted by atomic mass is 19.1. The third-order valence-electron chi connectivity index (χ3n) is 5.13. The summed E-state index contributed by atoms with van der Waals surface area (Å²) in [4.78, 5) is 28.7. The molecule has 6 heteroatoms. The van der Waals surface area contributed by atoms with Crippen LogP contribution in [-0.2, 0) is 11.3 Å². The number of nitrogens with zero attached hydrogens (tertiary/aromatic N) is 2. The molecule has 3 rings (SSSR count). The van der Waals surface area contributed by atoms with Crippen molar-refractivity contribution in [2.24, 2.45) is 5.92 Å². The first-order valence-corrected chi connectivity index (χ1v) is 9.11. The lowest BCUT2D eigenvalue weighted by molar-refractivity contribution is -0.126. The summed E-state index contributed by atoms with van der Waals surface area (Å²) < 4.78 is 13.3. The second-order valence-electron chi connectivity index (χ2n) is 7.06. The highest BCUT2D eigenvalue weighted by Crippen LogP contribution is 2.20. The van der Waals surface area contributed by atoms with Crippen molar-refractivity contribution in [3.8, 4) is 0 Å². The highest BCUT2D eigenvalue weighted by Gasteiger charge is 2.31. The lowest BCUT2D eigenvalue weighted by Crippen LogP contribution is -2.49. The molecule has 1 aromatic carbocycles. The number of likely N-dealkylation sites (tertiary alicyclic amines) is 2. The summed E-state index contributed by atoms with van der Waals surface area (Å²) in [6.07, 6.45) is 3.80. The van der Waals surface area contributed by atoms with Crippen LogP contribution < -0.4 is 5.32 Å². The van der Waals surface area contributed by atoms with Crippen molar-refractivity contribution in [2.45, 2.75) is 39.2 Å². The van der Waals surface area contributed by atoms with Crippen molar-refractivity contribution in [3.05, 3.63) is 35.1 Å². The van der Waals surface area contributed by atoms with E-state index in [-0.39, 0.29) is 23.7 Å². The zero-order chi connectivity index (χ0) is 17.8. The molecule has 2 fully saturated rings. The van der Waals surface area contributed by atoms with E-state index in [1.807, 2.05) is 9.80 Å². The standard InChI is InChI=1S/C19H26FN3O2/c1-14-11-15(6-7-17(14)20)12-21-18(24)16-5-4-10-23(13-16)19(25)22-8-2-3-9-22/h6-7,11,16H,2-5,8-10,12-13H2,1H3,(H,21,24)/t16-/m0/s1. The number of aryl methyl sites for hydroxylation is 1. The van der Waals surface area contributed by atoms with Crippen LogP contribution in [0.15, 0.2) is 18.2 Å². The van der Waals surface area contributed by atoms with Crippen LogP contribution in [0, 0.1) is 18.7 Å². The van der Waals surface area contributed by atoms with Crippen LogP contribution in [0.5, 0.6) is 0 Å². The van der Waals surface area contributed by atoms with Crippen LogP contribution in [0.25, 0.3) is 0 Å². The Bertz CT molecular complexity index is 644. The minimum atomic E-state index is -0.238. The van der Waals surface area contributed by atoms with Gasteiger partial charge in [0.15, 0.2) is 0 Å². The molecule has 0 saturated carbocycles. The van der Waals surface area contributed by atoms with Gasteiger partial charge in [-0.05, 0) is 49.8 Å². The van der Waals surface area contributed by atoms with E-state index in [4.69, 9.17) is 0 Å². The van der Waals surface area contributed by atoms with E-state index in [0.29, 0.717) is 18.7 Å². The summed E-state index contributed by atoms with van der Waals surface area (Å²) in [5, 5.41) is 2.93. The molecule has 0 unspecified atom stereocenters. The lowest BCUT2D eigenvalue weighted by atomic mass is 9.97. The molecule has 2 aliphatic rings. The number of nitrogens with one attached hydrogen (secondary N) is 1. The number of rotatable bonds is 3. The van der Waals surface area contributed by atoms with Crippen LogP contribution >= 0.6 is 0 Å². The van der Waals surface area contributed by atoms with Gasteiger partial charge in [-0.3, -0.25) is 4.79 Å². The number of hydrogen-bond acceptors (Lipinski definition) is 2. The van der Waals surface area contributed by atoms with Gasteiger partial charge in [0.2, 0.25) is 5.91 Å². The van der Waals surface area contributed by atoms with Gasteiger partial charge in [0, 0.05) is 32.7 Å². The molecular formula is C19H26FN3O2. The summed E-state index contributed by atoms with van der Waals surface area (Å²) in [5.74, 6) is -0.429. The van der Waals surface area contributed by atoms with Crippen molar-refractivity contribution in [1.82, 2.24) is 15.1 Å². The molecule has 2 saturated heterocycles. The maximum Gasteiger partial charge on any atom is 0.320 e. The molecule has 1 N–H and O–H groups in total. The first kappa shape index (κ1) is 17.7. The zero-order valence-electron chi connectivity index (χ0n) is 14.8. The molecule has 0 radical (unpaired) electrons. The summed E-state index contributed by atoms with van der Waals surface area (Å²) in [6, 6.07) is 4.93. The Hall–Kier alpha value is -2.11. The van der Waals surface area contributed by atoms with Crippen LogP contribution in [0.1, 0.15) is 36.8 Å². The number of urea groups is 1. The van der Waals surface area contributed by atoms with Gasteiger partial charge < -0.3 is 15.1 Å². The number of carbonyl (C=O) groups excluding carboxylic acids is 2. The average molecular weight is 347 g/mol. The maximum absolute atomic E-state index is 13.3. The van der Waals surface area contributed by atoms with Gasteiger partial charge in [-0.2, -0.15) is 0 Å². The van der Waals surface area contributed by atoms with E-state index in [1.165, 1.54) is 6.07 Å². The van der Waals surface area contributed by atoms with Crippen LogP contribution in [-0.4, -0.2) is 47.9 Å². The first-order chi connectivity index (χ1) is 12.0. The third-order valence-corrected chi connectivity index (χ3v) is 5.13. The predicted molar refractivity (Wildman–Crippen MR) is 93.5 cm³/mol. The fourth-order valence-corrected chi connectivity index (χ4v) is 3.62. The minimum absolute atomic E-state index is 0.0269. The van der Waals surface area contributed by atoms with E-state index in [0.717, 1.165) is 50.9 Å². The van der Waals surface area contributed by atoms with Crippen molar-refractivity contribution in [3.63, 3.8) is 0 Å².